The summed E-state index contributed by atoms with van der Waals surface area (Å²) in [6.45, 7) is 2.48. The van der Waals surface area contributed by atoms with E-state index in [1.165, 1.54) is 0 Å². The average molecular weight is 254 g/mol. The molecular weight excluding hydrogens is 240 g/mol. The van der Waals surface area contributed by atoms with E-state index in [9.17, 15) is 5.11 Å². The number of nitrogens with zero attached hydrogens (tertiary/aromatic N) is 1. The zero-order valence-electron chi connectivity index (χ0n) is 10.6. The smallest absolute Gasteiger partial charge is 0.134 e. The topological polar surface area (TPSA) is 58.3 Å². The Balaban J connectivity index is 1.90. The molecule has 19 heavy (non-hydrogen) atoms. The Morgan fingerprint density at radius 1 is 1.21 bits per heavy atom. The summed E-state index contributed by atoms with van der Waals surface area (Å²) in [5.74, 6) is 2.72. The van der Waals surface area contributed by atoms with Crippen molar-refractivity contribution in [1.82, 2.24) is 4.98 Å². The molecule has 0 saturated heterocycles. The summed E-state index contributed by atoms with van der Waals surface area (Å²) in [7, 11) is 0. The number of aryl methyl sites for hydroxylation is 1. The number of phenolic OH excluding ortho intramolecular Hbond substituents is 1. The summed E-state index contributed by atoms with van der Waals surface area (Å²) >= 11 is 0. The van der Waals surface area contributed by atoms with Crippen LogP contribution in [0.2, 0.25) is 0 Å². The van der Waals surface area contributed by atoms with E-state index in [2.05, 4.69) is 10.3 Å². The van der Waals surface area contributed by atoms with Gasteiger partial charge in [0.05, 0.1) is 6.54 Å². The van der Waals surface area contributed by atoms with E-state index < -0.39 is 0 Å². The lowest BCUT2D eigenvalue weighted by molar-refractivity contribution is 0.476. The van der Waals surface area contributed by atoms with Gasteiger partial charge in [0, 0.05) is 11.6 Å². The van der Waals surface area contributed by atoms with Crippen molar-refractivity contribution in [2.24, 2.45) is 0 Å². The van der Waals surface area contributed by atoms with Gasteiger partial charge in [-0.15, -0.1) is 0 Å². The van der Waals surface area contributed by atoms with Gasteiger partial charge in [0.25, 0.3) is 0 Å². The maximum atomic E-state index is 9.57. The quantitative estimate of drug-likeness (QED) is 0.751. The Hall–Kier alpha value is -2.49. The molecule has 0 fully saturated rings. The highest BCUT2D eigenvalue weighted by Crippen LogP contribution is 2.25. The number of benzene rings is 1. The standard InChI is InChI=1S/C15H14N2O2/c1-10-2-5-13(19-10)9-17-15-14-8-12(18)4-3-11(14)6-7-16-15/h2-8,18H,9H2,1H3,(H,16,17). The van der Waals surface area contributed by atoms with Crippen LogP contribution >= 0.6 is 0 Å². The van der Waals surface area contributed by atoms with Crippen LogP contribution in [0.1, 0.15) is 11.5 Å². The molecule has 3 rings (SSSR count). The second kappa shape index (κ2) is 4.65. The molecule has 3 aromatic rings. The lowest BCUT2D eigenvalue weighted by Crippen LogP contribution is -2.00. The van der Waals surface area contributed by atoms with Gasteiger partial charge >= 0.3 is 0 Å². The number of furan rings is 1. The van der Waals surface area contributed by atoms with Crippen molar-refractivity contribution < 1.29 is 9.52 Å². The van der Waals surface area contributed by atoms with Gasteiger partial charge in [0.1, 0.15) is 23.1 Å². The van der Waals surface area contributed by atoms with Crippen LogP contribution in [0.25, 0.3) is 10.8 Å². The van der Waals surface area contributed by atoms with E-state index in [4.69, 9.17) is 4.42 Å². The van der Waals surface area contributed by atoms with Crippen LogP contribution in [0.4, 0.5) is 5.82 Å². The van der Waals surface area contributed by atoms with Crippen LogP contribution < -0.4 is 5.32 Å². The molecule has 1 aromatic carbocycles. The van der Waals surface area contributed by atoms with Crippen LogP contribution in [0.15, 0.2) is 47.0 Å². The van der Waals surface area contributed by atoms with Gasteiger partial charge in [-0.1, -0.05) is 6.07 Å². The predicted octanol–water partition coefficient (Wildman–Crippen LogP) is 3.45. The fraction of sp³-hybridized carbons (Fsp3) is 0.133. The van der Waals surface area contributed by atoms with Crippen LogP contribution in [-0.2, 0) is 6.54 Å². The minimum Gasteiger partial charge on any atom is -0.508 e. The average Bonchev–Trinajstić information content (AvgIpc) is 2.82. The Morgan fingerprint density at radius 3 is 2.89 bits per heavy atom. The third kappa shape index (κ3) is 2.38. The van der Waals surface area contributed by atoms with Crippen LogP contribution in [0.3, 0.4) is 0 Å². The molecule has 96 valence electrons. The SMILES string of the molecule is Cc1ccc(CNc2nccc3ccc(O)cc23)o1. The number of anilines is 1. The molecule has 4 heteroatoms. The van der Waals surface area contributed by atoms with Gasteiger partial charge in [-0.3, -0.25) is 0 Å². The fourth-order valence-corrected chi connectivity index (χ4v) is 2.05. The molecule has 0 bridgehead atoms. The summed E-state index contributed by atoms with van der Waals surface area (Å²) in [6, 6.07) is 11.0. The van der Waals surface area contributed by atoms with Crippen molar-refractivity contribution in [2.75, 3.05) is 5.32 Å². The van der Waals surface area contributed by atoms with E-state index in [1.54, 1.807) is 18.3 Å². The molecule has 0 aliphatic heterocycles. The monoisotopic (exact) mass is 254 g/mol. The van der Waals surface area contributed by atoms with Crippen molar-refractivity contribution in [3.05, 3.63) is 54.1 Å². The maximum Gasteiger partial charge on any atom is 0.134 e. The summed E-state index contributed by atoms with van der Waals surface area (Å²) in [6.07, 6.45) is 1.75. The number of hydrogen-bond acceptors (Lipinski definition) is 4. The third-order valence-electron chi connectivity index (χ3n) is 2.98. The zero-order chi connectivity index (χ0) is 13.2. The molecule has 2 aromatic heterocycles. The fourth-order valence-electron chi connectivity index (χ4n) is 2.05. The van der Waals surface area contributed by atoms with Gasteiger partial charge < -0.3 is 14.8 Å². The molecule has 0 saturated carbocycles. The summed E-state index contributed by atoms with van der Waals surface area (Å²) in [4.78, 5) is 4.31. The molecule has 2 heterocycles. The normalized spacial score (nSPS) is 10.8. The molecule has 0 atom stereocenters. The van der Waals surface area contributed by atoms with Gasteiger partial charge in [0.2, 0.25) is 0 Å². The number of rotatable bonds is 3. The lowest BCUT2D eigenvalue weighted by atomic mass is 10.1. The van der Waals surface area contributed by atoms with E-state index in [1.807, 2.05) is 31.2 Å². The number of nitrogens with one attached hydrogen (secondary N) is 1. The first-order valence-electron chi connectivity index (χ1n) is 6.09. The van der Waals surface area contributed by atoms with E-state index in [-0.39, 0.29) is 5.75 Å². The summed E-state index contributed by atoms with van der Waals surface area (Å²) in [5.41, 5.74) is 0. The van der Waals surface area contributed by atoms with Crippen LogP contribution in [-0.4, -0.2) is 10.1 Å². The van der Waals surface area contributed by atoms with Crippen molar-refractivity contribution in [2.45, 2.75) is 13.5 Å². The first-order valence-corrected chi connectivity index (χ1v) is 6.09. The molecule has 4 nitrogen and oxygen atoms in total. The molecule has 2 N–H and O–H groups in total. The minimum atomic E-state index is 0.234. The van der Waals surface area contributed by atoms with E-state index >= 15 is 0 Å². The van der Waals surface area contributed by atoms with Crippen molar-refractivity contribution in [3.63, 3.8) is 0 Å². The second-order valence-corrected chi connectivity index (χ2v) is 4.43. The Labute approximate surface area is 110 Å². The van der Waals surface area contributed by atoms with Gasteiger partial charge in [-0.05, 0) is 42.6 Å². The van der Waals surface area contributed by atoms with Gasteiger partial charge in [0.15, 0.2) is 0 Å². The first kappa shape index (κ1) is 11.6. The third-order valence-corrected chi connectivity index (χ3v) is 2.98. The molecule has 0 aliphatic rings. The Morgan fingerprint density at radius 2 is 2.11 bits per heavy atom. The van der Waals surface area contributed by atoms with Crippen molar-refractivity contribution in [3.8, 4) is 5.75 Å². The summed E-state index contributed by atoms with van der Waals surface area (Å²) in [5, 5.41) is 14.7. The molecule has 0 spiro atoms. The van der Waals surface area contributed by atoms with Gasteiger partial charge in [-0.25, -0.2) is 4.98 Å². The number of pyridine rings is 1. The first-order chi connectivity index (χ1) is 9.22. The van der Waals surface area contributed by atoms with Gasteiger partial charge in [-0.2, -0.15) is 0 Å². The largest absolute Gasteiger partial charge is 0.508 e. The Bertz CT molecular complexity index is 719. The maximum absolute atomic E-state index is 9.57. The number of phenols is 1. The van der Waals surface area contributed by atoms with Crippen molar-refractivity contribution in [1.29, 1.82) is 0 Å². The van der Waals surface area contributed by atoms with Crippen LogP contribution in [0.5, 0.6) is 5.75 Å². The molecule has 0 radical (unpaired) electrons. The lowest BCUT2D eigenvalue weighted by Gasteiger charge is -2.07. The molecule has 0 unspecified atom stereocenters. The second-order valence-electron chi connectivity index (χ2n) is 4.43. The molecule has 0 aliphatic carbocycles. The number of aromatic nitrogens is 1. The number of fused-ring (bicyclic) bond motifs is 1. The van der Waals surface area contributed by atoms with E-state index in [0.717, 1.165) is 28.1 Å². The highest BCUT2D eigenvalue weighted by molar-refractivity contribution is 5.92. The predicted molar refractivity (Wildman–Crippen MR) is 74.2 cm³/mol. The highest BCUT2D eigenvalue weighted by Gasteiger charge is 2.04. The highest BCUT2D eigenvalue weighted by atomic mass is 16.3. The number of aromatic hydroxyl groups is 1. The Kier molecular flexibility index (Phi) is 2.83. The molecular formula is C15H14N2O2. The molecule has 0 amide bonds. The van der Waals surface area contributed by atoms with Crippen LogP contribution in [0, 0.1) is 6.92 Å². The summed E-state index contributed by atoms with van der Waals surface area (Å²) < 4.78 is 5.50. The minimum absolute atomic E-state index is 0.234. The van der Waals surface area contributed by atoms with Crippen molar-refractivity contribution >= 4 is 16.6 Å². The number of hydrogen-bond donors (Lipinski definition) is 2. The van der Waals surface area contributed by atoms with E-state index in [0.29, 0.717) is 6.54 Å². The zero-order valence-corrected chi connectivity index (χ0v) is 10.6.